The lowest BCUT2D eigenvalue weighted by molar-refractivity contribution is 0.186. The van der Waals surface area contributed by atoms with Crippen molar-refractivity contribution in [3.05, 3.63) is 0 Å². The minimum absolute atomic E-state index is 0.727. The molecule has 0 spiro atoms. The number of likely N-dealkylation sites (tertiary alicyclic amines) is 1. The van der Waals surface area contributed by atoms with E-state index in [-0.39, 0.29) is 0 Å². The Labute approximate surface area is 131 Å². The molecule has 0 aromatic carbocycles. The predicted octanol–water partition coefficient (Wildman–Crippen LogP) is 2.71. The van der Waals surface area contributed by atoms with Gasteiger partial charge in [0, 0.05) is 26.2 Å². The Morgan fingerprint density at radius 2 is 2.10 bits per heavy atom. The van der Waals surface area contributed by atoms with Gasteiger partial charge in [0.15, 0.2) is 5.96 Å². The summed E-state index contributed by atoms with van der Waals surface area (Å²) in [5, 5.41) is 6.83. The smallest absolute Gasteiger partial charge is 0.191 e. The molecule has 1 fully saturated rings. The summed E-state index contributed by atoms with van der Waals surface area (Å²) >= 11 is 0. The van der Waals surface area contributed by atoms with Crippen LogP contribution in [0.5, 0.6) is 0 Å². The SMILES string of the molecule is CCNC(=NCC1CCCN(CC)C1)NCCCC(C)C. The van der Waals surface area contributed by atoms with Crippen LogP contribution in [0, 0.1) is 11.8 Å². The van der Waals surface area contributed by atoms with Gasteiger partial charge in [-0.3, -0.25) is 4.99 Å². The van der Waals surface area contributed by atoms with E-state index in [9.17, 15) is 0 Å². The number of nitrogens with zero attached hydrogens (tertiary/aromatic N) is 2. The summed E-state index contributed by atoms with van der Waals surface area (Å²) in [6, 6.07) is 0. The molecule has 0 saturated carbocycles. The molecule has 0 aromatic rings. The van der Waals surface area contributed by atoms with E-state index in [1.165, 1.54) is 45.3 Å². The maximum Gasteiger partial charge on any atom is 0.191 e. The largest absolute Gasteiger partial charge is 0.357 e. The van der Waals surface area contributed by atoms with E-state index in [0.717, 1.165) is 37.4 Å². The lowest BCUT2D eigenvalue weighted by Crippen LogP contribution is -2.40. The van der Waals surface area contributed by atoms with E-state index in [0.29, 0.717) is 0 Å². The van der Waals surface area contributed by atoms with Gasteiger partial charge >= 0.3 is 0 Å². The van der Waals surface area contributed by atoms with Crippen molar-refractivity contribution in [3.63, 3.8) is 0 Å². The first-order chi connectivity index (χ1) is 10.2. The van der Waals surface area contributed by atoms with Crippen LogP contribution in [0.25, 0.3) is 0 Å². The minimum Gasteiger partial charge on any atom is -0.357 e. The van der Waals surface area contributed by atoms with Gasteiger partial charge in [0.1, 0.15) is 0 Å². The number of nitrogens with one attached hydrogen (secondary N) is 2. The Bertz CT molecular complexity index is 289. The number of guanidine groups is 1. The number of aliphatic imine (C=N–C) groups is 1. The fourth-order valence-electron chi connectivity index (χ4n) is 2.87. The third kappa shape index (κ3) is 8.30. The highest BCUT2D eigenvalue weighted by Crippen LogP contribution is 2.16. The monoisotopic (exact) mass is 296 g/mol. The standard InChI is InChI=1S/C17H36N4/c1-5-18-17(19-11-7-9-15(3)4)20-13-16-10-8-12-21(6-2)14-16/h15-16H,5-14H2,1-4H3,(H2,18,19,20). The molecule has 1 atom stereocenters. The molecule has 2 N–H and O–H groups in total. The zero-order valence-electron chi connectivity index (χ0n) is 14.6. The van der Waals surface area contributed by atoms with E-state index in [1.54, 1.807) is 0 Å². The maximum atomic E-state index is 4.79. The molecule has 0 radical (unpaired) electrons. The van der Waals surface area contributed by atoms with Crippen molar-refractivity contribution in [2.75, 3.05) is 39.3 Å². The molecule has 21 heavy (non-hydrogen) atoms. The molecular weight excluding hydrogens is 260 g/mol. The van der Waals surface area contributed by atoms with Gasteiger partial charge in [0.25, 0.3) is 0 Å². The zero-order chi connectivity index (χ0) is 15.5. The van der Waals surface area contributed by atoms with Gasteiger partial charge in [-0.05, 0) is 57.5 Å². The summed E-state index contributed by atoms with van der Waals surface area (Å²) in [5.41, 5.74) is 0. The average molecular weight is 297 g/mol. The van der Waals surface area contributed by atoms with Crippen LogP contribution in [0.2, 0.25) is 0 Å². The molecule has 0 aliphatic carbocycles. The Hall–Kier alpha value is -0.770. The topological polar surface area (TPSA) is 39.7 Å². The molecule has 0 amide bonds. The van der Waals surface area contributed by atoms with E-state index in [4.69, 9.17) is 4.99 Å². The fourth-order valence-corrected chi connectivity index (χ4v) is 2.87. The van der Waals surface area contributed by atoms with Crippen molar-refractivity contribution >= 4 is 5.96 Å². The highest BCUT2D eigenvalue weighted by molar-refractivity contribution is 5.79. The molecule has 1 heterocycles. The molecule has 1 aliphatic heterocycles. The third-order valence-electron chi connectivity index (χ3n) is 4.15. The average Bonchev–Trinajstić information content (AvgIpc) is 2.49. The van der Waals surface area contributed by atoms with Crippen molar-refractivity contribution in [3.8, 4) is 0 Å². The van der Waals surface area contributed by atoms with Crippen LogP contribution in [-0.2, 0) is 0 Å². The van der Waals surface area contributed by atoms with Crippen molar-refractivity contribution in [1.29, 1.82) is 0 Å². The Morgan fingerprint density at radius 1 is 1.29 bits per heavy atom. The van der Waals surface area contributed by atoms with Gasteiger partial charge in [-0.25, -0.2) is 0 Å². The van der Waals surface area contributed by atoms with Gasteiger partial charge in [0.2, 0.25) is 0 Å². The lowest BCUT2D eigenvalue weighted by atomic mass is 9.98. The summed E-state index contributed by atoms with van der Waals surface area (Å²) < 4.78 is 0. The molecule has 1 saturated heterocycles. The molecule has 0 aromatic heterocycles. The summed E-state index contributed by atoms with van der Waals surface area (Å²) in [4.78, 5) is 7.34. The molecule has 0 bridgehead atoms. The van der Waals surface area contributed by atoms with Gasteiger partial charge in [-0.2, -0.15) is 0 Å². The second-order valence-corrected chi connectivity index (χ2v) is 6.58. The number of hydrogen-bond acceptors (Lipinski definition) is 2. The first-order valence-electron chi connectivity index (χ1n) is 8.90. The summed E-state index contributed by atoms with van der Waals surface area (Å²) in [6.07, 6.45) is 5.15. The van der Waals surface area contributed by atoms with E-state index < -0.39 is 0 Å². The second kappa shape index (κ2) is 10.9. The highest BCUT2D eigenvalue weighted by atomic mass is 15.2. The van der Waals surface area contributed by atoms with Crippen molar-refractivity contribution in [1.82, 2.24) is 15.5 Å². The van der Waals surface area contributed by atoms with Gasteiger partial charge in [0.05, 0.1) is 0 Å². The minimum atomic E-state index is 0.727. The van der Waals surface area contributed by atoms with Crippen LogP contribution in [-0.4, -0.2) is 50.1 Å². The molecule has 124 valence electrons. The van der Waals surface area contributed by atoms with Gasteiger partial charge < -0.3 is 15.5 Å². The van der Waals surface area contributed by atoms with Crippen molar-refractivity contribution < 1.29 is 0 Å². The zero-order valence-corrected chi connectivity index (χ0v) is 14.6. The Kier molecular flexibility index (Phi) is 9.48. The normalized spacial score (nSPS) is 20.8. The van der Waals surface area contributed by atoms with Crippen LogP contribution in [0.3, 0.4) is 0 Å². The van der Waals surface area contributed by atoms with Crippen molar-refractivity contribution in [2.45, 2.75) is 53.4 Å². The number of rotatable bonds is 8. The van der Waals surface area contributed by atoms with Gasteiger partial charge in [-0.1, -0.05) is 20.8 Å². The van der Waals surface area contributed by atoms with E-state index in [2.05, 4.69) is 43.2 Å². The number of piperidine rings is 1. The lowest BCUT2D eigenvalue weighted by Gasteiger charge is -2.31. The third-order valence-corrected chi connectivity index (χ3v) is 4.15. The molecule has 4 nitrogen and oxygen atoms in total. The van der Waals surface area contributed by atoms with Crippen LogP contribution >= 0.6 is 0 Å². The second-order valence-electron chi connectivity index (χ2n) is 6.58. The highest BCUT2D eigenvalue weighted by Gasteiger charge is 2.18. The first-order valence-corrected chi connectivity index (χ1v) is 8.90. The van der Waals surface area contributed by atoms with Crippen LogP contribution in [0.4, 0.5) is 0 Å². The summed E-state index contributed by atoms with van der Waals surface area (Å²) in [7, 11) is 0. The van der Waals surface area contributed by atoms with Gasteiger partial charge in [-0.15, -0.1) is 0 Å². The molecule has 1 unspecified atom stereocenters. The first kappa shape index (κ1) is 18.3. The predicted molar refractivity (Wildman–Crippen MR) is 92.9 cm³/mol. The van der Waals surface area contributed by atoms with Crippen LogP contribution in [0.1, 0.15) is 53.4 Å². The molecule has 1 aliphatic rings. The van der Waals surface area contributed by atoms with Crippen LogP contribution < -0.4 is 10.6 Å². The van der Waals surface area contributed by atoms with Crippen LogP contribution in [0.15, 0.2) is 4.99 Å². The molecule has 1 rings (SSSR count). The summed E-state index contributed by atoms with van der Waals surface area (Å²) in [6.45, 7) is 15.5. The summed E-state index contributed by atoms with van der Waals surface area (Å²) in [5.74, 6) is 2.51. The Balaban J connectivity index is 2.32. The fraction of sp³-hybridized carbons (Fsp3) is 0.941. The Morgan fingerprint density at radius 3 is 2.76 bits per heavy atom. The van der Waals surface area contributed by atoms with E-state index in [1.807, 2.05) is 0 Å². The molecular formula is C17H36N4. The van der Waals surface area contributed by atoms with E-state index >= 15 is 0 Å². The number of hydrogen-bond donors (Lipinski definition) is 2. The van der Waals surface area contributed by atoms with Crippen molar-refractivity contribution in [2.24, 2.45) is 16.8 Å². The maximum absolute atomic E-state index is 4.79. The molecule has 4 heteroatoms. The quantitative estimate of drug-likeness (QED) is 0.411.